The van der Waals surface area contributed by atoms with Crippen LogP contribution in [-0.2, 0) is 17.6 Å². The Balaban J connectivity index is 1.72. The van der Waals surface area contributed by atoms with Crippen molar-refractivity contribution >= 4 is 39.6 Å². The van der Waals surface area contributed by atoms with Gasteiger partial charge in [-0.15, -0.1) is 11.3 Å². The van der Waals surface area contributed by atoms with Crippen LogP contribution in [0.2, 0.25) is 0 Å². The zero-order chi connectivity index (χ0) is 17.8. The highest BCUT2D eigenvalue weighted by Gasteiger charge is 2.26. The number of hydrogen-bond acceptors (Lipinski definition) is 4. The molecule has 2 aliphatic rings. The summed E-state index contributed by atoms with van der Waals surface area (Å²) in [5, 5.41) is 8.21. The van der Waals surface area contributed by atoms with Gasteiger partial charge in [0.25, 0.3) is 0 Å². The summed E-state index contributed by atoms with van der Waals surface area (Å²) < 4.78 is 5.05. The van der Waals surface area contributed by atoms with Gasteiger partial charge in [0, 0.05) is 10.9 Å². The smallest absolute Gasteiger partial charge is 0.341 e. The lowest BCUT2D eigenvalue weighted by atomic mass is 9.87. The first-order chi connectivity index (χ1) is 12.1. The van der Waals surface area contributed by atoms with Crippen molar-refractivity contribution in [2.45, 2.75) is 70.8 Å². The van der Waals surface area contributed by atoms with E-state index >= 15 is 0 Å². The second-order valence-electron chi connectivity index (χ2n) is 7.32. The lowest BCUT2D eigenvalue weighted by Crippen LogP contribution is -2.39. The lowest BCUT2D eigenvalue weighted by molar-refractivity contribution is 0.0601. The van der Waals surface area contributed by atoms with Gasteiger partial charge in [0.1, 0.15) is 5.00 Å². The third kappa shape index (κ3) is 4.53. The van der Waals surface area contributed by atoms with E-state index in [-0.39, 0.29) is 5.97 Å². The molecule has 0 aromatic carbocycles. The summed E-state index contributed by atoms with van der Waals surface area (Å²) in [6.45, 7) is 2.31. The zero-order valence-corrected chi connectivity index (χ0v) is 16.8. The monoisotopic (exact) mass is 380 g/mol. The number of fused-ring (bicyclic) bond motifs is 1. The van der Waals surface area contributed by atoms with Crippen molar-refractivity contribution < 1.29 is 9.53 Å². The predicted molar refractivity (Wildman–Crippen MR) is 108 cm³/mol. The Labute approximate surface area is 159 Å². The fourth-order valence-electron chi connectivity index (χ4n) is 3.88. The number of thiophene rings is 1. The molecule has 1 saturated carbocycles. The topological polar surface area (TPSA) is 50.4 Å². The van der Waals surface area contributed by atoms with Gasteiger partial charge in [0.15, 0.2) is 5.11 Å². The lowest BCUT2D eigenvalue weighted by Gasteiger charge is -2.28. The van der Waals surface area contributed by atoms with Crippen LogP contribution in [0.4, 0.5) is 5.00 Å². The Hall–Kier alpha value is -1.14. The molecular weight excluding hydrogens is 352 g/mol. The second kappa shape index (κ2) is 8.49. The van der Waals surface area contributed by atoms with Gasteiger partial charge < -0.3 is 15.4 Å². The van der Waals surface area contributed by atoms with Gasteiger partial charge in [-0.05, 0) is 75.1 Å². The van der Waals surface area contributed by atoms with Crippen LogP contribution in [0.5, 0.6) is 0 Å². The first-order valence-electron chi connectivity index (χ1n) is 9.38. The average Bonchev–Trinajstić information content (AvgIpc) is 2.77. The summed E-state index contributed by atoms with van der Waals surface area (Å²) in [7, 11) is 1.45. The Bertz CT molecular complexity index is 634. The van der Waals surface area contributed by atoms with Gasteiger partial charge in [-0.1, -0.05) is 13.3 Å². The van der Waals surface area contributed by atoms with Gasteiger partial charge in [-0.3, -0.25) is 0 Å². The largest absolute Gasteiger partial charge is 0.465 e. The van der Waals surface area contributed by atoms with Crippen LogP contribution >= 0.6 is 23.6 Å². The van der Waals surface area contributed by atoms with E-state index in [4.69, 9.17) is 17.0 Å². The Morgan fingerprint density at radius 1 is 1.16 bits per heavy atom. The number of anilines is 1. The highest BCUT2D eigenvalue weighted by atomic mass is 32.1. The van der Waals surface area contributed by atoms with E-state index in [1.807, 2.05) is 0 Å². The molecule has 1 aromatic heterocycles. The number of carbonyl (C=O) groups is 1. The van der Waals surface area contributed by atoms with Gasteiger partial charge >= 0.3 is 5.97 Å². The predicted octanol–water partition coefficient (Wildman–Crippen LogP) is 4.67. The number of aryl methyl sites for hydroxylation is 1. The van der Waals surface area contributed by atoms with Crippen molar-refractivity contribution in [1.29, 1.82) is 0 Å². The summed E-state index contributed by atoms with van der Waals surface area (Å²) in [5.74, 6) is 0.564. The second-order valence-corrected chi connectivity index (χ2v) is 8.83. The van der Waals surface area contributed by atoms with Crippen molar-refractivity contribution in [1.82, 2.24) is 5.32 Å². The highest BCUT2D eigenvalue weighted by molar-refractivity contribution is 7.80. The van der Waals surface area contributed by atoms with Crippen LogP contribution < -0.4 is 10.6 Å². The van der Waals surface area contributed by atoms with Crippen LogP contribution in [0, 0.1) is 5.92 Å². The van der Waals surface area contributed by atoms with Gasteiger partial charge in [0.2, 0.25) is 0 Å². The van der Waals surface area contributed by atoms with Crippen LogP contribution in [0.3, 0.4) is 0 Å². The molecule has 1 heterocycles. The van der Waals surface area contributed by atoms with E-state index in [1.165, 1.54) is 43.2 Å². The Morgan fingerprint density at radius 2 is 1.88 bits per heavy atom. The summed E-state index contributed by atoms with van der Waals surface area (Å²) >= 11 is 7.20. The maximum Gasteiger partial charge on any atom is 0.341 e. The highest BCUT2D eigenvalue weighted by Crippen LogP contribution is 2.38. The third-order valence-corrected chi connectivity index (χ3v) is 6.82. The minimum absolute atomic E-state index is 0.254. The minimum atomic E-state index is -0.254. The number of rotatable bonds is 3. The standard InChI is InChI=1S/C19H28N2O2S2/c1-12-8-10-13(11-9-12)20-19(24)21-17-16(18(22)23-2)14-6-4-3-5-7-15(14)25-17/h12-13H,3-11H2,1-2H3,(H2,20,21,24). The molecule has 2 N–H and O–H groups in total. The summed E-state index contributed by atoms with van der Waals surface area (Å²) in [4.78, 5) is 13.7. The maximum atomic E-state index is 12.4. The van der Waals surface area contributed by atoms with E-state index in [1.54, 1.807) is 11.3 Å². The van der Waals surface area contributed by atoms with E-state index in [0.717, 1.165) is 43.0 Å². The molecule has 2 aliphatic carbocycles. The molecule has 1 fully saturated rings. The first kappa shape index (κ1) is 18.6. The fourth-order valence-corrected chi connectivity index (χ4v) is 5.49. The van der Waals surface area contributed by atoms with E-state index < -0.39 is 0 Å². The molecule has 0 atom stereocenters. The van der Waals surface area contributed by atoms with E-state index in [2.05, 4.69) is 17.6 Å². The summed E-state index contributed by atoms with van der Waals surface area (Å²) in [6, 6.07) is 0.440. The van der Waals surface area contributed by atoms with Crippen LogP contribution in [-0.4, -0.2) is 24.2 Å². The maximum absolute atomic E-state index is 12.4. The molecule has 1 aromatic rings. The number of hydrogen-bond donors (Lipinski definition) is 2. The number of thiocarbonyl (C=S) groups is 1. The zero-order valence-electron chi connectivity index (χ0n) is 15.2. The Kier molecular flexibility index (Phi) is 6.34. The SMILES string of the molecule is COC(=O)c1c(NC(=S)NC2CCC(C)CC2)sc2c1CCCCC2. The third-order valence-electron chi connectivity index (χ3n) is 5.39. The molecule has 0 saturated heterocycles. The molecule has 4 nitrogen and oxygen atoms in total. The molecule has 0 radical (unpaired) electrons. The minimum Gasteiger partial charge on any atom is -0.465 e. The van der Waals surface area contributed by atoms with Crippen LogP contribution in [0.1, 0.15) is 72.7 Å². The van der Waals surface area contributed by atoms with Gasteiger partial charge in [-0.25, -0.2) is 4.79 Å². The molecule has 0 bridgehead atoms. The van der Waals surface area contributed by atoms with Crippen molar-refractivity contribution in [3.05, 3.63) is 16.0 Å². The summed E-state index contributed by atoms with van der Waals surface area (Å²) in [6.07, 6.45) is 10.4. The molecule has 25 heavy (non-hydrogen) atoms. The number of carbonyl (C=O) groups excluding carboxylic acids is 1. The number of ether oxygens (including phenoxy) is 1. The van der Waals surface area contributed by atoms with E-state index in [9.17, 15) is 4.79 Å². The first-order valence-corrected chi connectivity index (χ1v) is 10.6. The molecule has 0 amide bonds. The normalized spacial score (nSPS) is 23.3. The van der Waals surface area contributed by atoms with Crippen molar-refractivity contribution in [3.63, 3.8) is 0 Å². The molecule has 3 rings (SSSR count). The molecule has 0 spiro atoms. The molecule has 0 unspecified atom stereocenters. The summed E-state index contributed by atoms with van der Waals surface area (Å²) in [5.41, 5.74) is 1.87. The van der Waals surface area contributed by atoms with Crippen molar-refractivity contribution in [2.24, 2.45) is 5.92 Å². The number of nitrogens with one attached hydrogen (secondary N) is 2. The molecule has 6 heteroatoms. The molecular formula is C19H28N2O2S2. The fraction of sp³-hybridized carbons (Fsp3) is 0.684. The van der Waals surface area contributed by atoms with Crippen molar-refractivity contribution in [3.8, 4) is 0 Å². The average molecular weight is 381 g/mol. The quantitative estimate of drug-likeness (QED) is 0.453. The van der Waals surface area contributed by atoms with E-state index in [0.29, 0.717) is 16.7 Å². The van der Waals surface area contributed by atoms with Crippen LogP contribution in [0.15, 0.2) is 0 Å². The molecule has 138 valence electrons. The number of methoxy groups -OCH3 is 1. The molecule has 0 aliphatic heterocycles. The van der Waals surface area contributed by atoms with Gasteiger partial charge in [-0.2, -0.15) is 0 Å². The van der Waals surface area contributed by atoms with Crippen molar-refractivity contribution in [2.75, 3.05) is 12.4 Å². The Morgan fingerprint density at radius 3 is 2.60 bits per heavy atom. The van der Waals surface area contributed by atoms with Gasteiger partial charge in [0.05, 0.1) is 12.7 Å². The number of esters is 1. The van der Waals surface area contributed by atoms with Crippen LogP contribution in [0.25, 0.3) is 0 Å².